The zero-order valence-corrected chi connectivity index (χ0v) is 38.7. The molecule has 4 aliphatic carbocycles. The van der Waals surface area contributed by atoms with E-state index in [2.05, 4.69) is 27.0 Å². The average Bonchev–Trinajstić information content (AvgIpc) is 3.52. The summed E-state index contributed by atoms with van der Waals surface area (Å²) in [6.45, 7) is 16.7. The second-order valence-electron chi connectivity index (χ2n) is 21.6. The summed E-state index contributed by atoms with van der Waals surface area (Å²) in [6.07, 6.45) is -25.5. The van der Waals surface area contributed by atoms with Gasteiger partial charge < -0.3 is 89.3 Å². The van der Waals surface area contributed by atoms with Gasteiger partial charge in [-0.2, -0.15) is 0 Å². The van der Waals surface area contributed by atoms with Crippen LogP contribution in [0.1, 0.15) is 79.6 Å². The Hall–Kier alpha value is -2.22. The number of aliphatic hydroxyl groups is 11. The van der Waals surface area contributed by atoms with Crippen LogP contribution in [0, 0.1) is 51.8 Å². The number of ether oxygens (including phenoxy) is 7. The molecule has 4 saturated heterocycles. The van der Waals surface area contributed by atoms with Crippen LogP contribution >= 0.6 is 0 Å². The molecule has 0 amide bonds. The van der Waals surface area contributed by atoms with Crippen LogP contribution in [0.5, 0.6) is 0 Å². The molecule has 0 aromatic carbocycles. The highest BCUT2D eigenvalue weighted by Crippen LogP contribution is 2.75. The molecule has 8 fully saturated rings. The Morgan fingerprint density at radius 2 is 1.34 bits per heavy atom. The molecule has 67 heavy (non-hydrogen) atoms. The lowest BCUT2D eigenvalue weighted by atomic mass is 9.35. The Labute approximate surface area is 389 Å². The molecule has 4 heterocycles. The molecule has 8 rings (SSSR count). The molecule has 0 spiro atoms. The predicted molar refractivity (Wildman–Crippen MR) is 227 cm³/mol. The van der Waals surface area contributed by atoms with Crippen LogP contribution < -0.4 is 0 Å². The quantitative estimate of drug-likeness (QED) is 0.0858. The molecule has 380 valence electrons. The number of carbonyl (C=O) groups is 2. The third-order valence-electron chi connectivity index (χ3n) is 18.2. The molecule has 4 aliphatic heterocycles. The van der Waals surface area contributed by atoms with Gasteiger partial charge in [-0.25, -0.2) is 0 Å². The van der Waals surface area contributed by atoms with E-state index in [1.165, 1.54) is 6.92 Å². The van der Waals surface area contributed by atoms with E-state index < -0.39 is 158 Å². The molecule has 0 radical (unpaired) electrons. The molecule has 27 atom stereocenters. The fourth-order valence-electron chi connectivity index (χ4n) is 14.3. The molecular formula is C47H72O20. The molecule has 0 aromatic rings. The number of esters is 2. The second-order valence-corrected chi connectivity index (χ2v) is 21.6. The number of fused-ring (bicyclic) bond motifs is 4. The van der Waals surface area contributed by atoms with E-state index >= 15 is 4.79 Å². The fourth-order valence-corrected chi connectivity index (χ4v) is 14.3. The van der Waals surface area contributed by atoms with Gasteiger partial charge in [0.15, 0.2) is 12.6 Å². The van der Waals surface area contributed by atoms with Gasteiger partial charge in [-0.1, -0.05) is 38.2 Å². The average molecular weight is 957 g/mol. The van der Waals surface area contributed by atoms with Gasteiger partial charge in [-0.3, -0.25) is 9.59 Å². The van der Waals surface area contributed by atoms with Gasteiger partial charge in [0.1, 0.15) is 73.2 Å². The molecule has 8 aliphatic rings. The predicted octanol–water partition coefficient (Wildman–Crippen LogP) is -1.71. The summed E-state index contributed by atoms with van der Waals surface area (Å²) < 4.78 is 40.7. The first kappa shape index (κ1) is 51.1. The summed E-state index contributed by atoms with van der Waals surface area (Å²) in [5.41, 5.74) is -0.840. The van der Waals surface area contributed by atoms with E-state index in [0.717, 1.165) is 24.0 Å². The molecule has 0 bridgehead atoms. The molecule has 4 saturated carbocycles. The summed E-state index contributed by atoms with van der Waals surface area (Å²) in [5.74, 6) is -3.17. The summed E-state index contributed by atoms with van der Waals surface area (Å²) in [6, 6.07) is 0. The SMILES string of the molecule is C=C(C)[C@@H]1CC[C@]2(C)[C@H]3[C@@H]1[C@H](O)CC(=O)O[C@@H]3C[C@@H]1[C@H]3[C@H](C(=C)C)C[C@H](O)[C@]3(C(=O)O[C@@H]3O[C@H](CO[C@@H]4O[C@H](CO)[C@@H](O[C@@H]5O[C@@H](C)[C@H](O)[C@@H](O)[C@H]5O)[C@H](O)[C@H]4O)[C@@H](O)[C@H](O)[C@H]3O)CC[C@]12C. The number of allylic oxidation sites excluding steroid dienone is 2. The highest BCUT2D eigenvalue weighted by molar-refractivity contribution is 5.79. The number of carbonyl (C=O) groups excluding carboxylic acids is 2. The molecule has 0 unspecified atom stereocenters. The van der Waals surface area contributed by atoms with Gasteiger partial charge in [0, 0.05) is 5.92 Å². The number of rotatable bonds is 10. The van der Waals surface area contributed by atoms with Crippen LogP contribution in [0.2, 0.25) is 0 Å². The minimum atomic E-state index is -1.98. The van der Waals surface area contributed by atoms with Gasteiger partial charge in [0.05, 0.1) is 43.4 Å². The minimum Gasteiger partial charge on any atom is -0.462 e. The number of hydrogen-bond acceptors (Lipinski definition) is 20. The Balaban J connectivity index is 1.00. The third-order valence-corrected chi connectivity index (χ3v) is 18.2. The van der Waals surface area contributed by atoms with Crippen molar-refractivity contribution >= 4 is 11.9 Å². The molecule has 20 nitrogen and oxygen atoms in total. The Morgan fingerprint density at radius 1 is 0.716 bits per heavy atom. The Kier molecular flexibility index (Phi) is 14.3. The van der Waals surface area contributed by atoms with Crippen molar-refractivity contribution in [1.82, 2.24) is 0 Å². The number of hydrogen-bond donors (Lipinski definition) is 11. The van der Waals surface area contributed by atoms with Crippen molar-refractivity contribution in [1.29, 1.82) is 0 Å². The normalized spacial score (nSPS) is 54.1. The van der Waals surface area contributed by atoms with E-state index in [1.807, 2.05) is 13.8 Å². The van der Waals surface area contributed by atoms with Crippen LogP contribution in [-0.4, -0.2) is 192 Å². The van der Waals surface area contributed by atoms with Crippen molar-refractivity contribution in [3.05, 3.63) is 24.3 Å². The monoisotopic (exact) mass is 956 g/mol. The van der Waals surface area contributed by atoms with E-state index in [-0.39, 0.29) is 48.9 Å². The first-order valence-electron chi connectivity index (χ1n) is 23.8. The zero-order chi connectivity index (χ0) is 49.0. The second kappa shape index (κ2) is 18.8. The van der Waals surface area contributed by atoms with E-state index in [1.54, 1.807) is 0 Å². The van der Waals surface area contributed by atoms with Gasteiger partial charge in [-0.05, 0) is 99.7 Å². The molecule has 20 heteroatoms. The first-order valence-corrected chi connectivity index (χ1v) is 23.8. The van der Waals surface area contributed by atoms with Gasteiger partial charge in [0.25, 0.3) is 0 Å². The Morgan fingerprint density at radius 3 is 2.00 bits per heavy atom. The summed E-state index contributed by atoms with van der Waals surface area (Å²) in [5, 5.41) is 120. The molecule has 11 N–H and O–H groups in total. The van der Waals surface area contributed by atoms with Crippen LogP contribution in [-0.2, 0) is 42.7 Å². The zero-order valence-electron chi connectivity index (χ0n) is 38.7. The Bertz CT molecular complexity index is 1870. The highest BCUT2D eigenvalue weighted by atomic mass is 16.8. The standard InChI is InChI=1S/C47H72O20/c1-17(2)20-8-9-46(7)31-24(63-28(51)14-23(49)29(20)31)13-22-30-21(18(3)4)12-27(50)47(30,11-10-45(22,46)6)44(60)67-43-38(58)35(55)33(53)26(65-43)16-61-41-39(59)36(56)40(25(15-48)64-41)66-42-37(57)34(54)32(52)19(5)62-42/h19-27,29-43,48-50,52-59H,1,3,8-16H2,2,4-7H3/t19-,20-,21-,22+,23+,24+,25+,26+,27-,29-,30+,31+,32-,33+,34+,35-,36+,37+,38+,39+,40+,41+,42-,43-,45+,46+,47+/m0/s1. The highest BCUT2D eigenvalue weighted by Gasteiger charge is 2.75. The summed E-state index contributed by atoms with van der Waals surface area (Å²) in [4.78, 5) is 28.4. The van der Waals surface area contributed by atoms with Crippen LogP contribution in [0.3, 0.4) is 0 Å². The van der Waals surface area contributed by atoms with Gasteiger partial charge in [-0.15, -0.1) is 0 Å². The smallest absolute Gasteiger partial charge is 0.317 e. The van der Waals surface area contributed by atoms with Crippen molar-refractivity contribution in [2.24, 2.45) is 51.8 Å². The van der Waals surface area contributed by atoms with Crippen LogP contribution in [0.25, 0.3) is 0 Å². The first-order chi connectivity index (χ1) is 31.4. The maximum Gasteiger partial charge on any atom is 0.317 e. The number of aliphatic hydroxyl groups excluding tert-OH is 11. The summed E-state index contributed by atoms with van der Waals surface area (Å²) in [7, 11) is 0. The summed E-state index contributed by atoms with van der Waals surface area (Å²) >= 11 is 0. The van der Waals surface area contributed by atoms with Gasteiger partial charge in [0.2, 0.25) is 6.29 Å². The minimum absolute atomic E-state index is 0.0177. The van der Waals surface area contributed by atoms with Crippen molar-refractivity contribution in [3.63, 3.8) is 0 Å². The van der Waals surface area contributed by atoms with Crippen molar-refractivity contribution in [2.75, 3.05) is 13.2 Å². The fraction of sp³-hybridized carbons (Fsp3) is 0.872. The lowest BCUT2D eigenvalue weighted by Crippen LogP contribution is -2.68. The lowest BCUT2D eigenvalue weighted by molar-refractivity contribution is -0.361. The van der Waals surface area contributed by atoms with E-state index in [0.29, 0.717) is 12.8 Å². The van der Waals surface area contributed by atoms with Crippen molar-refractivity contribution in [2.45, 2.75) is 190 Å². The molecule has 0 aromatic heterocycles. The topological polar surface area (TPSA) is 321 Å². The van der Waals surface area contributed by atoms with Crippen LogP contribution in [0.4, 0.5) is 0 Å². The lowest BCUT2D eigenvalue weighted by Gasteiger charge is -2.69. The van der Waals surface area contributed by atoms with Crippen molar-refractivity contribution < 1.29 is 98.9 Å². The van der Waals surface area contributed by atoms with E-state index in [4.69, 9.17) is 33.2 Å². The van der Waals surface area contributed by atoms with Crippen LogP contribution in [0.15, 0.2) is 24.3 Å². The van der Waals surface area contributed by atoms with E-state index in [9.17, 15) is 61.0 Å². The molecular weight excluding hydrogens is 884 g/mol. The maximum atomic E-state index is 15.0. The van der Waals surface area contributed by atoms with Gasteiger partial charge >= 0.3 is 11.9 Å². The third kappa shape index (κ3) is 8.15. The maximum absolute atomic E-state index is 15.0. The van der Waals surface area contributed by atoms with Crippen molar-refractivity contribution in [3.8, 4) is 0 Å². The largest absolute Gasteiger partial charge is 0.462 e.